The van der Waals surface area contributed by atoms with E-state index in [9.17, 15) is 9.59 Å². The maximum absolute atomic E-state index is 12.9. The van der Waals surface area contributed by atoms with E-state index in [1.165, 1.54) is 16.2 Å². The third kappa shape index (κ3) is 2.60. The number of hydrogen-bond donors (Lipinski definition) is 0. The molecule has 0 N–H and O–H groups in total. The van der Waals surface area contributed by atoms with Crippen molar-refractivity contribution in [1.82, 2.24) is 28.5 Å². The van der Waals surface area contributed by atoms with Gasteiger partial charge in [0, 0.05) is 26.4 Å². The largest absolute Gasteiger partial charge is 0.383 e. The van der Waals surface area contributed by atoms with Crippen LogP contribution in [0.5, 0.6) is 0 Å². The first-order chi connectivity index (χ1) is 11.9. The number of fused-ring (bicyclic) bond motifs is 1. The molecule has 3 heterocycles. The monoisotopic (exact) mass is 346 g/mol. The summed E-state index contributed by atoms with van der Waals surface area (Å²) >= 11 is 0. The SMILES string of the molecule is CCn1c(-n2nc(C)cc2C)nc2c1c(=O)n(CCOC)c(=O)n2C. The highest BCUT2D eigenvalue weighted by Gasteiger charge is 2.21. The average Bonchev–Trinajstić information content (AvgIpc) is 3.12. The van der Waals surface area contributed by atoms with Crippen molar-refractivity contribution in [3.63, 3.8) is 0 Å². The molecular formula is C16H22N6O3. The molecule has 0 aromatic carbocycles. The van der Waals surface area contributed by atoms with E-state index in [0.717, 1.165) is 11.4 Å². The van der Waals surface area contributed by atoms with E-state index in [-0.39, 0.29) is 18.7 Å². The highest BCUT2D eigenvalue weighted by Crippen LogP contribution is 2.17. The fourth-order valence-electron chi connectivity index (χ4n) is 3.03. The number of aromatic nitrogens is 6. The van der Waals surface area contributed by atoms with Gasteiger partial charge in [0.05, 0.1) is 18.8 Å². The van der Waals surface area contributed by atoms with Crippen molar-refractivity contribution in [2.24, 2.45) is 7.05 Å². The Morgan fingerprint density at radius 3 is 2.48 bits per heavy atom. The third-order valence-electron chi connectivity index (χ3n) is 4.25. The number of imidazole rings is 1. The minimum atomic E-state index is -0.407. The van der Waals surface area contributed by atoms with Gasteiger partial charge < -0.3 is 9.30 Å². The van der Waals surface area contributed by atoms with Crippen LogP contribution in [0.3, 0.4) is 0 Å². The lowest BCUT2D eigenvalue weighted by Crippen LogP contribution is -2.40. The zero-order chi connectivity index (χ0) is 18.3. The number of methoxy groups -OCH3 is 1. The summed E-state index contributed by atoms with van der Waals surface area (Å²) in [5, 5.41) is 4.46. The number of aryl methyl sites for hydroxylation is 4. The second-order valence-electron chi connectivity index (χ2n) is 5.96. The van der Waals surface area contributed by atoms with Crippen molar-refractivity contribution in [1.29, 1.82) is 0 Å². The van der Waals surface area contributed by atoms with Crippen LogP contribution < -0.4 is 11.2 Å². The molecule has 25 heavy (non-hydrogen) atoms. The summed E-state index contributed by atoms with van der Waals surface area (Å²) in [6.45, 7) is 6.76. The molecule has 0 spiro atoms. The first-order valence-corrected chi connectivity index (χ1v) is 8.13. The van der Waals surface area contributed by atoms with E-state index >= 15 is 0 Å². The maximum atomic E-state index is 12.9. The predicted octanol–water partition coefficient (Wildman–Crippen LogP) is 0.366. The minimum Gasteiger partial charge on any atom is -0.383 e. The Kier molecular flexibility index (Phi) is 4.34. The van der Waals surface area contributed by atoms with Gasteiger partial charge in [-0.3, -0.25) is 13.9 Å². The number of ether oxygens (including phenoxy) is 1. The predicted molar refractivity (Wildman–Crippen MR) is 93.4 cm³/mol. The molecular weight excluding hydrogens is 324 g/mol. The van der Waals surface area contributed by atoms with Crippen molar-refractivity contribution in [2.75, 3.05) is 13.7 Å². The zero-order valence-electron chi connectivity index (χ0n) is 15.1. The highest BCUT2D eigenvalue weighted by molar-refractivity contribution is 5.72. The van der Waals surface area contributed by atoms with Crippen LogP contribution in [0.4, 0.5) is 0 Å². The summed E-state index contributed by atoms with van der Waals surface area (Å²) in [5.74, 6) is 0.527. The number of nitrogens with zero attached hydrogens (tertiary/aromatic N) is 6. The van der Waals surface area contributed by atoms with Gasteiger partial charge in [-0.2, -0.15) is 10.1 Å². The van der Waals surface area contributed by atoms with Crippen LogP contribution in [0.15, 0.2) is 15.7 Å². The Bertz CT molecular complexity index is 1050. The summed E-state index contributed by atoms with van der Waals surface area (Å²) in [5.41, 5.74) is 1.75. The van der Waals surface area contributed by atoms with E-state index in [2.05, 4.69) is 10.1 Å². The van der Waals surface area contributed by atoms with Crippen LogP contribution in [0.1, 0.15) is 18.3 Å². The van der Waals surface area contributed by atoms with Crippen LogP contribution in [0, 0.1) is 13.8 Å². The van der Waals surface area contributed by atoms with Gasteiger partial charge in [0.15, 0.2) is 11.2 Å². The second kappa shape index (κ2) is 6.32. The Hall–Kier alpha value is -2.68. The molecule has 0 bridgehead atoms. The van der Waals surface area contributed by atoms with Crippen LogP contribution in [-0.4, -0.2) is 42.2 Å². The van der Waals surface area contributed by atoms with Gasteiger partial charge in [-0.25, -0.2) is 9.48 Å². The molecule has 0 radical (unpaired) electrons. The summed E-state index contributed by atoms with van der Waals surface area (Å²) in [6.07, 6.45) is 0. The molecule has 9 nitrogen and oxygen atoms in total. The standard InChI is InChI=1S/C16H22N6O3/c1-6-20-12-13(17-15(20)22-11(3)9-10(2)18-22)19(4)16(24)21(14(12)23)7-8-25-5/h9H,6-8H2,1-5H3. The summed E-state index contributed by atoms with van der Waals surface area (Å²) in [4.78, 5) is 30.0. The van der Waals surface area contributed by atoms with E-state index < -0.39 is 5.69 Å². The van der Waals surface area contributed by atoms with Crippen molar-refractivity contribution < 1.29 is 4.74 Å². The molecule has 0 unspecified atom stereocenters. The average molecular weight is 346 g/mol. The minimum absolute atomic E-state index is 0.197. The van der Waals surface area contributed by atoms with E-state index in [1.807, 2.05) is 26.8 Å². The Balaban J connectivity index is 2.39. The first-order valence-electron chi connectivity index (χ1n) is 8.13. The Morgan fingerprint density at radius 1 is 1.20 bits per heavy atom. The third-order valence-corrected chi connectivity index (χ3v) is 4.25. The molecule has 0 saturated carbocycles. The Morgan fingerprint density at radius 2 is 1.92 bits per heavy atom. The van der Waals surface area contributed by atoms with Gasteiger partial charge in [0.25, 0.3) is 5.56 Å². The molecule has 3 aromatic heterocycles. The van der Waals surface area contributed by atoms with E-state index in [1.54, 1.807) is 16.3 Å². The Labute approximate surface area is 144 Å². The van der Waals surface area contributed by atoms with Crippen molar-refractivity contribution in [2.45, 2.75) is 33.9 Å². The lowest BCUT2D eigenvalue weighted by Gasteiger charge is -2.09. The van der Waals surface area contributed by atoms with E-state index in [0.29, 0.717) is 23.7 Å². The first kappa shape index (κ1) is 17.2. The van der Waals surface area contributed by atoms with Gasteiger partial charge in [0.1, 0.15) is 0 Å². The van der Waals surface area contributed by atoms with Crippen LogP contribution in [0.2, 0.25) is 0 Å². The van der Waals surface area contributed by atoms with Crippen LogP contribution >= 0.6 is 0 Å². The number of rotatable bonds is 5. The summed E-state index contributed by atoms with van der Waals surface area (Å²) < 4.78 is 11.1. The van der Waals surface area contributed by atoms with Crippen LogP contribution in [-0.2, 0) is 24.9 Å². The molecule has 3 rings (SSSR count). The summed E-state index contributed by atoms with van der Waals surface area (Å²) in [7, 11) is 3.15. The summed E-state index contributed by atoms with van der Waals surface area (Å²) in [6, 6.07) is 1.94. The topological polar surface area (TPSA) is 88.9 Å². The fourth-order valence-corrected chi connectivity index (χ4v) is 3.03. The molecule has 0 fully saturated rings. The molecule has 0 amide bonds. The van der Waals surface area contributed by atoms with Gasteiger partial charge in [-0.1, -0.05) is 0 Å². The molecule has 0 aliphatic rings. The molecule has 134 valence electrons. The van der Waals surface area contributed by atoms with Crippen molar-refractivity contribution in [3.8, 4) is 5.95 Å². The fraction of sp³-hybridized carbons (Fsp3) is 0.500. The van der Waals surface area contributed by atoms with Gasteiger partial charge in [-0.05, 0) is 26.8 Å². The van der Waals surface area contributed by atoms with Gasteiger partial charge >= 0.3 is 5.69 Å². The second-order valence-corrected chi connectivity index (χ2v) is 5.96. The zero-order valence-corrected chi connectivity index (χ0v) is 15.1. The lowest BCUT2D eigenvalue weighted by molar-refractivity contribution is 0.184. The molecule has 0 saturated heterocycles. The molecule has 0 aliphatic heterocycles. The van der Waals surface area contributed by atoms with Crippen molar-refractivity contribution >= 4 is 11.2 Å². The highest BCUT2D eigenvalue weighted by atomic mass is 16.5. The maximum Gasteiger partial charge on any atom is 0.332 e. The van der Waals surface area contributed by atoms with Gasteiger partial charge in [0.2, 0.25) is 5.95 Å². The molecule has 0 aliphatic carbocycles. The smallest absolute Gasteiger partial charge is 0.332 e. The lowest BCUT2D eigenvalue weighted by atomic mass is 10.4. The van der Waals surface area contributed by atoms with Gasteiger partial charge in [-0.15, -0.1) is 0 Å². The molecule has 0 atom stereocenters. The van der Waals surface area contributed by atoms with Crippen molar-refractivity contribution in [3.05, 3.63) is 38.3 Å². The molecule has 3 aromatic rings. The van der Waals surface area contributed by atoms with Crippen LogP contribution in [0.25, 0.3) is 17.1 Å². The normalized spacial score (nSPS) is 11.6. The molecule has 9 heteroatoms. The quantitative estimate of drug-likeness (QED) is 0.666. The number of hydrogen-bond acceptors (Lipinski definition) is 5. The van der Waals surface area contributed by atoms with E-state index in [4.69, 9.17) is 4.74 Å².